The van der Waals surface area contributed by atoms with Gasteiger partial charge in [-0.25, -0.2) is 4.98 Å². The molecular weight excluding hydrogens is 433 g/mol. The van der Waals surface area contributed by atoms with Crippen molar-refractivity contribution in [1.82, 2.24) is 10.3 Å². The molecule has 0 fully saturated rings. The molecule has 0 saturated carbocycles. The van der Waals surface area contributed by atoms with Gasteiger partial charge >= 0.3 is 0 Å². The number of aryl methyl sites for hydroxylation is 1. The van der Waals surface area contributed by atoms with Crippen LogP contribution in [-0.2, 0) is 0 Å². The molecule has 0 amide bonds. The van der Waals surface area contributed by atoms with Gasteiger partial charge < -0.3 is 15.1 Å². The number of rotatable bonds is 6. The second-order valence-corrected chi connectivity index (χ2v) is 7.67. The van der Waals surface area contributed by atoms with Crippen LogP contribution in [0, 0.1) is 30.6 Å². The lowest BCUT2D eigenvalue weighted by molar-refractivity contribution is 0.573. The summed E-state index contributed by atoms with van der Waals surface area (Å²) in [4.78, 5) is 17.1. The Labute approximate surface area is 189 Å². The molecule has 0 bridgehead atoms. The Hall–Kier alpha value is -3.70. The van der Waals surface area contributed by atoms with Crippen molar-refractivity contribution in [2.75, 3.05) is 12.4 Å². The lowest BCUT2D eigenvalue weighted by Gasteiger charge is -2.19. The van der Waals surface area contributed by atoms with Gasteiger partial charge in [-0.2, -0.15) is 9.65 Å². The van der Waals surface area contributed by atoms with Crippen LogP contribution in [-0.4, -0.2) is 18.0 Å². The Morgan fingerprint density at radius 2 is 2.09 bits per heavy atom. The lowest BCUT2D eigenvalue weighted by Crippen LogP contribution is -2.15. The maximum Gasteiger partial charge on any atom is 0.218 e. The average molecular weight is 454 g/mol. The van der Waals surface area contributed by atoms with E-state index < -0.39 is 12.0 Å². The van der Waals surface area contributed by atoms with Crippen molar-refractivity contribution in [2.24, 2.45) is 0 Å². The summed E-state index contributed by atoms with van der Waals surface area (Å²) in [5.74, 6) is -1.25. The standard InChI is InChI=1S/C23H21ClFN5O2/c1-11-7-14(13(3)29-17-5-6-19(24)30-18(17)9-26)22-15(8-11)20(31)12(2)21(32-22)16(10-28-4)23(25)27/h5-8,10,13,27-29H,1-4H3/b16-10-,27-23?. The van der Waals surface area contributed by atoms with Crippen molar-refractivity contribution in [3.05, 3.63) is 74.0 Å². The number of allylic oxidation sites excluding steroid dienone is 1. The number of anilines is 1. The second kappa shape index (κ2) is 9.20. The van der Waals surface area contributed by atoms with Gasteiger partial charge in [0.05, 0.1) is 22.7 Å². The van der Waals surface area contributed by atoms with Crippen LogP contribution in [0.4, 0.5) is 10.1 Å². The summed E-state index contributed by atoms with van der Waals surface area (Å²) in [5, 5.41) is 23.2. The third-order valence-electron chi connectivity index (χ3n) is 4.97. The molecule has 1 atom stereocenters. The fraction of sp³-hybridized carbons (Fsp3) is 0.217. The van der Waals surface area contributed by atoms with E-state index in [0.717, 1.165) is 5.56 Å². The van der Waals surface area contributed by atoms with Gasteiger partial charge in [-0.15, -0.1) is 0 Å². The van der Waals surface area contributed by atoms with E-state index in [1.54, 1.807) is 25.2 Å². The van der Waals surface area contributed by atoms with Crippen LogP contribution in [0.5, 0.6) is 0 Å². The molecule has 164 valence electrons. The first-order valence-electron chi connectivity index (χ1n) is 9.71. The predicted molar refractivity (Wildman–Crippen MR) is 124 cm³/mol. The Kier molecular flexibility index (Phi) is 6.61. The molecule has 1 unspecified atom stereocenters. The number of hydrogen-bond donors (Lipinski definition) is 3. The molecule has 0 aliphatic rings. The van der Waals surface area contributed by atoms with Crippen LogP contribution < -0.4 is 16.1 Å². The normalized spacial score (nSPS) is 12.3. The number of pyridine rings is 1. The molecule has 32 heavy (non-hydrogen) atoms. The number of nitrogens with zero attached hydrogens (tertiary/aromatic N) is 2. The molecule has 3 aromatic rings. The highest BCUT2D eigenvalue weighted by Gasteiger charge is 2.22. The van der Waals surface area contributed by atoms with Crippen molar-refractivity contribution in [3.8, 4) is 6.07 Å². The maximum absolute atomic E-state index is 13.9. The quantitative estimate of drug-likeness (QED) is 0.357. The first kappa shape index (κ1) is 23.0. The fourth-order valence-corrected chi connectivity index (χ4v) is 3.61. The molecule has 2 heterocycles. The molecule has 0 saturated heterocycles. The van der Waals surface area contributed by atoms with Crippen LogP contribution in [0.3, 0.4) is 0 Å². The number of nitrogens with one attached hydrogen (secondary N) is 3. The number of nitriles is 1. The monoisotopic (exact) mass is 453 g/mol. The van der Waals surface area contributed by atoms with E-state index in [1.165, 1.54) is 13.1 Å². The number of fused-ring (bicyclic) bond motifs is 1. The summed E-state index contributed by atoms with van der Waals surface area (Å²) in [6.07, 6.45) is 1.27. The summed E-state index contributed by atoms with van der Waals surface area (Å²) in [6.45, 7) is 5.23. The van der Waals surface area contributed by atoms with Crippen LogP contribution in [0.1, 0.15) is 41.1 Å². The molecular formula is C23H21ClFN5O2. The van der Waals surface area contributed by atoms with E-state index in [0.29, 0.717) is 16.6 Å². The largest absolute Gasteiger partial charge is 0.455 e. The summed E-state index contributed by atoms with van der Waals surface area (Å²) in [5.41, 5.74) is 2.06. The maximum atomic E-state index is 13.9. The van der Waals surface area contributed by atoms with E-state index in [4.69, 9.17) is 21.4 Å². The minimum atomic E-state index is -1.23. The molecule has 7 nitrogen and oxygen atoms in total. The van der Waals surface area contributed by atoms with Gasteiger partial charge in [0, 0.05) is 24.4 Å². The highest BCUT2D eigenvalue weighted by atomic mass is 35.5. The van der Waals surface area contributed by atoms with E-state index in [9.17, 15) is 14.4 Å². The number of halogens is 2. The van der Waals surface area contributed by atoms with Gasteiger partial charge in [-0.3, -0.25) is 10.2 Å². The van der Waals surface area contributed by atoms with E-state index in [-0.39, 0.29) is 38.8 Å². The second-order valence-electron chi connectivity index (χ2n) is 7.28. The first-order chi connectivity index (χ1) is 15.2. The lowest BCUT2D eigenvalue weighted by atomic mass is 9.99. The van der Waals surface area contributed by atoms with Gasteiger partial charge in [0.2, 0.25) is 5.97 Å². The van der Waals surface area contributed by atoms with Gasteiger partial charge in [0.15, 0.2) is 11.1 Å². The van der Waals surface area contributed by atoms with Gasteiger partial charge in [-0.05, 0) is 44.5 Å². The van der Waals surface area contributed by atoms with Gasteiger partial charge in [0.25, 0.3) is 0 Å². The number of benzene rings is 1. The molecule has 1 aromatic carbocycles. The first-order valence-corrected chi connectivity index (χ1v) is 10.1. The average Bonchev–Trinajstić information content (AvgIpc) is 2.75. The highest BCUT2D eigenvalue weighted by Crippen LogP contribution is 2.31. The molecule has 0 aliphatic carbocycles. The minimum Gasteiger partial charge on any atom is -0.455 e. The Morgan fingerprint density at radius 1 is 1.38 bits per heavy atom. The molecule has 3 rings (SSSR count). The highest BCUT2D eigenvalue weighted by molar-refractivity contribution is 6.29. The smallest absolute Gasteiger partial charge is 0.218 e. The summed E-state index contributed by atoms with van der Waals surface area (Å²) in [7, 11) is 1.56. The number of aromatic nitrogens is 1. The molecule has 0 spiro atoms. The van der Waals surface area contributed by atoms with Crippen LogP contribution >= 0.6 is 11.6 Å². The summed E-state index contributed by atoms with van der Waals surface area (Å²) in [6, 6.07) is 8.35. The topological polar surface area (TPSA) is 115 Å². The molecule has 2 aromatic heterocycles. The Balaban J connectivity index is 2.23. The van der Waals surface area contributed by atoms with Crippen molar-refractivity contribution in [1.29, 1.82) is 10.7 Å². The van der Waals surface area contributed by atoms with Crippen LogP contribution in [0.15, 0.2) is 39.7 Å². The molecule has 3 N–H and O–H groups in total. The van der Waals surface area contributed by atoms with E-state index >= 15 is 0 Å². The van der Waals surface area contributed by atoms with Crippen molar-refractivity contribution in [2.45, 2.75) is 26.8 Å². The Bertz CT molecular complexity index is 1360. The van der Waals surface area contributed by atoms with Crippen LogP contribution in [0.2, 0.25) is 5.15 Å². The predicted octanol–water partition coefficient (Wildman–Crippen LogP) is 5.01. The zero-order valence-electron chi connectivity index (χ0n) is 17.9. The SMILES string of the molecule is CN/C=C(\C(=N)F)c1oc2c(C(C)Nc3ccc(Cl)nc3C#N)cc(C)cc2c(=O)c1C. The third kappa shape index (κ3) is 4.34. The fourth-order valence-electron chi connectivity index (χ4n) is 3.47. The zero-order valence-corrected chi connectivity index (χ0v) is 18.7. The summed E-state index contributed by atoms with van der Waals surface area (Å²) < 4.78 is 20.0. The molecule has 0 aliphatic heterocycles. The molecule has 0 radical (unpaired) electrons. The van der Waals surface area contributed by atoms with Gasteiger partial charge in [0.1, 0.15) is 22.6 Å². The van der Waals surface area contributed by atoms with Crippen LogP contribution in [0.25, 0.3) is 16.5 Å². The zero-order chi connectivity index (χ0) is 23.6. The minimum absolute atomic E-state index is 0.0208. The van der Waals surface area contributed by atoms with Crippen molar-refractivity contribution in [3.63, 3.8) is 0 Å². The summed E-state index contributed by atoms with van der Waals surface area (Å²) >= 11 is 5.88. The van der Waals surface area contributed by atoms with Crippen molar-refractivity contribution >= 4 is 39.8 Å². The van der Waals surface area contributed by atoms with Crippen molar-refractivity contribution < 1.29 is 8.81 Å². The number of hydrogen-bond acceptors (Lipinski definition) is 7. The Morgan fingerprint density at radius 3 is 2.72 bits per heavy atom. The third-order valence-corrected chi connectivity index (χ3v) is 5.18. The van der Waals surface area contributed by atoms with E-state index in [2.05, 4.69) is 15.6 Å². The van der Waals surface area contributed by atoms with E-state index in [1.807, 2.05) is 26.0 Å². The van der Waals surface area contributed by atoms with Gasteiger partial charge in [-0.1, -0.05) is 17.7 Å². The molecule has 9 heteroatoms.